The van der Waals surface area contributed by atoms with Crippen molar-refractivity contribution in [2.45, 2.75) is 51.1 Å². The minimum absolute atomic E-state index is 0.188. The summed E-state index contributed by atoms with van der Waals surface area (Å²) in [7, 11) is 1.72. The SMILES string of the molecule is COCCCCCC(=O)N1C[C@H]2CC[C@@H]1CN(Cc1ccc(F)cc1)C2. The number of halogens is 1. The number of methoxy groups -OCH3 is 1. The number of nitrogens with zero attached hydrogens (tertiary/aromatic N) is 2. The first-order chi connectivity index (χ1) is 12.7. The highest BCUT2D eigenvalue weighted by molar-refractivity contribution is 5.76. The molecule has 0 N–H and O–H groups in total. The Balaban J connectivity index is 1.52. The van der Waals surface area contributed by atoms with Gasteiger partial charge >= 0.3 is 0 Å². The molecule has 26 heavy (non-hydrogen) atoms. The van der Waals surface area contributed by atoms with Crippen LogP contribution in [0.2, 0.25) is 0 Å². The van der Waals surface area contributed by atoms with Crippen LogP contribution in [0.3, 0.4) is 0 Å². The number of rotatable bonds is 8. The lowest BCUT2D eigenvalue weighted by Gasteiger charge is -2.36. The lowest BCUT2D eigenvalue weighted by molar-refractivity contribution is -0.135. The number of ether oxygens (including phenoxy) is 1. The zero-order valence-electron chi connectivity index (χ0n) is 15.8. The Labute approximate surface area is 156 Å². The van der Waals surface area contributed by atoms with Gasteiger partial charge in [0.1, 0.15) is 5.82 Å². The number of carbonyl (C=O) groups is 1. The standard InChI is InChI=1S/C21H31FN2O2/c1-26-12-4-2-3-5-21(25)24-15-18-8-11-20(24)16-23(14-18)13-17-6-9-19(22)10-7-17/h6-7,9-10,18,20H,2-5,8,11-16H2,1H3/t18-,20+/m0/s1. The molecule has 0 aromatic heterocycles. The summed E-state index contributed by atoms with van der Waals surface area (Å²) in [6, 6.07) is 7.12. The van der Waals surface area contributed by atoms with Crippen molar-refractivity contribution >= 4 is 5.91 Å². The summed E-state index contributed by atoms with van der Waals surface area (Å²) < 4.78 is 18.2. The fourth-order valence-corrected chi connectivity index (χ4v) is 4.30. The van der Waals surface area contributed by atoms with Crippen molar-refractivity contribution < 1.29 is 13.9 Å². The van der Waals surface area contributed by atoms with Gasteiger partial charge in [-0.2, -0.15) is 0 Å². The van der Waals surface area contributed by atoms with Crippen LogP contribution in [0, 0.1) is 11.7 Å². The lowest BCUT2D eigenvalue weighted by Crippen LogP contribution is -2.47. The van der Waals surface area contributed by atoms with Gasteiger partial charge in [-0.1, -0.05) is 18.6 Å². The van der Waals surface area contributed by atoms with E-state index in [-0.39, 0.29) is 5.82 Å². The third kappa shape index (κ3) is 5.27. The van der Waals surface area contributed by atoms with E-state index in [0.29, 0.717) is 24.3 Å². The molecule has 0 aliphatic carbocycles. The van der Waals surface area contributed by atoms with E-state index in [2.05, 4.69) is 9.80 Å². The normalized spacial score (nSPS) is 23.2. The number of benzene rings is 1. The number of carbonyl (C=O) groups excluding carboxylic acids is 1. The summed E-state index contributed by atoms with van der Waals surface area (Å²) >= 11 is 0. The van der Waals surface area contributed by atoms with Crippen LogP contribution >= 0.6 is 0 Å². The third-order valence-electron chi connectivity index (χ3n) is 5.67. The zero-order chi connectivity index (χ0) is 18.4. The first-order valence-corrected chi connectivity index (χ1v) is 9.91. The molecule has 0 spiro atoms. The molecule has 2 bridgehead atoms. The Kier molecular flexibility index (Phi) is 7.03. The van der Waals surface area contributed by atoms with Gasteiger partial charge < -0.3 is 9.64 Å². The van der Waals surface area contributed by atoms with Crippen molar-refractivity contribution in [3.8, 4) is 0 Å². The molecule has 1 aromatic rings. The first-order valence-electron chi connectivity index (χ1n) is 9.91. The number of hydrogen-bond acceptors (Lipinski definition) is 3. The summed E-state index contributed by atoms with van der Waals surface area (Å²) in [4.78, 5) is 17.3. The molecular weight excluding hydrogens is 331 g/mol. The van der Waals surface area contributed by atoms with Crippen LogP contribution < -0.4 is 0 Å². The summed E-state index contributed by atoms with van der Waals surface area (Å²) in [5.41, 5.74) is 1.14. The van der Waals surface area contributed by atoms with E-state index in [1.54, 1.807) is 7.11 Å². The van der Waals surface area contributed by atoms with Gasteiger partial charge in [0.05, 0.1) is 0 Å². The number of fused-ring (bicyclic) bond motifs is 4. The van der Waals surface area contributed by atoms with Crippen molar-refractivity contribution in [2.75, 3.05) is 33.4 Å². The second-order valence-electron chi connectivity index (χ2n) is 7.77. The van der Waals surface area contributed by atoms with Crippen LogP contribution in [-0.2, 0) is 16.1 Å². The summed E-state index contributed by atoms with van der Waals surface area (Å²) in [5, 5.41) is 0. The van der Waals surface area contributed by atoms with Crippen LogP contribution in [-0.4, -0.2) is 55.1 Å². The fraction of sp³-hybridized carbons (Fsp3) is 0.667. The van der Waals surface area contributed by atoms with E-state index in [4.69, 9.17) is 4.74 Å². The Morgan fingerprint density at radius 2 is 1.92 bits per heavy atom. The van der Waals surface area contributed by atoms with Gasteiger partial charge in [0, 0.05) is 52.4 Å². The second-order valence-corrected chi connectivity index (χ2v) is 7.77. The molecule has 144 valence electrons. The molecule has 0 saturated carbocycles. The Hall–Kier alpha value is -1.46. The van der Waals surface area contributed by atoms with Crippen LogP contribution in [0.25, 0.3) is 0 Å². The molecule has 3 saturated heterocycles. The summed E-state index contributed by atoms with van der Waals surface area (Å²) in [6.07, 6.45) is 6.02. The third-order valence-corrected chi connectivity index (χ3v) is 5.67. The predicted octanol–water partition coefficient (Wildman–Crippen LogP) is 3.46. The number of amides is 1. The average Bonchev–Trinajstić information content (AvgIpc) is 2.94. The van der Waals surface area contributed by atoms with Gasteiger partial charge in [0.15, 0.2) is 0 Å². The molecule has 4 nitrogen and oxygen atoms in total. The van der Waals surface area contributed by atoms with E-state index < -0.39 is 0 Å². The fourth-order valence-electron chi connectivity index (χ4n) is 4.30. The van der Waals surface area contributed by atoms with Gasteiger partial charge in [-0.3, -0.25) is 9.69 Å². The van der Waals surface area contributed by atoms with Gasteiger partial charge in [-0.25, -0.2) is 4.39 Å². The number of hydrogen-bond donors (Lipinski definition) is 0. The van der Waals surface area contributed by atoms with Gasteiger partial charge in [-0.05, 0) is 49.3 Å². The second kappa shape index (κ2) is 9.47. The average molecular weight is 362 g/mol. The largest absolute Gasteiger partial charge is 0.385 e. The molecule has 3 heterocycles. The van der Waals surface area contributed by atoms with Gasteiger partial charge in [-0.15, -0.1) is 0 Å². The van der Waals surface area contributed by atoms with Crippen LogP contribution in [0.4, 0.5) is 4.39 Å². The Bertz CT molecular complexity index is 578. The molecule has 5 heteroatoms. The quantitative estimate of drug-likeness (QED) is 0.664. The topological polar surface area (TPSA) is 32.8 Å². The molecule has 2 atom stereocenters. The van der Waals surface area contributed by atoms with Crippen molar-refractivity contribution in [3.05, 3.63) is 35.6 Å². The van der Waals surface area contributed by atoms with E-state index in [9.17, 15) is 9.18 Å². The van der Waals surface area contributed by atoms with Gasteiger partial charge in [0.2, 0.25) is 5.91 Å². The molecule has 3 fully saturated rings. The van der Waals surface area contributed by atoms with E-state index in [0.717, 1.165) is 64.0 Å². The van der Waals surface area contributed by atoms with E-state index >= 15 is 0 Å². The maximum Gasteiger partial charge on any atom is 0.222 e. The molecule has 0 radical (unpaired) electrons. The Morgan fingerprint density at radius 3 is 2.69 bits per heavy atom. The minimum atomic E-state index is -0.188. The number of piperidine rings is 1. The van der Waals surface area contributed by atoms with Gasteiger partial charge in [0.25, 0.3) is 0 Å². The van der Waals surface area contributed by atoms with Crippen molar-refractivity contribution in [1.82, 2.24) is 9.80 Å². The summed E-state index contributed by atoms with van der Waals surface area (Å²) in [6.45, 7) is 4.49. The monoisotopic (exact) mass is 362 g/mol. The first kappa shape index (κ1) is 19.3. The van der Waals surface area contributed by atoms with Crippen LogP contribution in [0.5, 0.6) is 0 Å². The minimum Gasteiger partial charge on any atom is -0.385 e. The van der Waals surface area contributed by atoms with E-state index in [1.807, 2.05) is 12.1 Å². The van der Waals surface area contributed by atoms with Crippen LogP contribution in [0.15, 0.2) is 24.3 Å². The Morgan fingerprint density at radius 1 is 1.12 bits per heavy atom. The molecule has 3 aliphatic heterocycles. The zero-order valence-corrected chi connectivity index (χ0v) is 15.8. The molecular formula is C21H31FN2O2. The molecule has 0 unspecified atom stereocenters. The molecule has 4 rings (SSSR count). The predicted molar refractivity (Wildman–Crippen MR) is 100 cm³/mol. The van der Waals surface area contributed by atoms with Crippen molar-refractivity contribution in [3.63, 3.8) is 0 Å². The highest BCUT2D eigenvalue weighted by Gasteiger charge is 2.36. The highest BCUT2D eigenvalue weighted by Crippen LogP contribution is 2.29. The van der Waals surface area contributed by atoms with Crippen molar-refractivity contribution in [1.29, 1.82) is 0 Å². The van der Waals surface area contributed by atoms with Crippen molar-refractivity contribution in [2.24, 2.45) is 5.92 Å². The summed E-state index contributed by atoms with van der Waals surface area (Å²) in [5.74, 6) is 0.694. The molecule has 3 aliphatic rings. The van der Waals surface area contributed by atoms with E-state index in [1.165, 1.54) is 18.6 Å². The smallest absolute Gasteiger partial charge is 0.222 e. The molecule has 1 aromatic carbocycles. The lowest BCUT2D eigenvalue weighted by atomic mass is 9.94. The maximum atomic E-state index is 13.1. The van der Waals surface area contributed by atoms with Crippen LogP contribution in [0.1, 0.15) is 44.1 Å². The number of unbranched alkanes of at least 4 members (excludes halogenated alkanes) is 2. The molecule has 1 amide bonds. The maximum absolute atomic E-state index is 13.1. The highest BCUT2D eigenvalue weighted by atomic mass is 19.1.